The normalized spacial score (nSPS) is 12.9. The Kier molecular flexibility index (Phi) is 4.70. The van der Waals surface area contributed by atoms with E-state index in [0.717, 1.165) is 6.21 Å². The van der Waals surface area contributed by atoms with Gasteiger partial charge in [0.15, 0.2) is 0 Å². The molecule has 0 spiro atoms. The van der Waals surface area contributed by atoms with E-state index in [1.165, 1.54) is 7.11 Å². The van der Waals surface area contributed by atoms with Gasteiger partial charge in [0.05, 0.1) is 13.4 Å². The predicted octanol–water partition coefficient (Wildman–Crippen LogP) is 1.24. The monoisotopic (exact) mass is 213 g/mol. The van der Waals surface area contributed by atoms with E-state index in [-0.39, 0.29) is 11.5 Å². The number of aliphatic imine (C=N–C) groups is 1. The molecule has 5 nitrogen and oxygen atoms in total. The van der Waals surface area contributed by atoms with Crippen LogP contribution in [-0.2, 0) is 14.3 Å². The highest BCUT2D eigenvalue weighted by Gasteiger charge is 2.20. The molecule has 0 saturated carbocycles. The van der Waals surface area contributed by atoms with Crippen molar-refractivity contribution in [1.82, 2.24) is 0 Å². The topological polar surface area (TPSA) is 76.0 Å². The molecular formula is C10H15NO4. The predicted molar refractivity (Wildman–Crippen MR) is 55.7 cm³/mol. The summed E-state index contributed by atoms with van der Waals surface area (Å²) < 4.78 is 4.35. The molecule has 5 heteroatoms. The summed E-state index contributed by atoms with van der Waals surface area (Å²) in [5.41, 5.74) is -0.789. The van der Waals surface area contributed by atoms with E-state index in [0.29, 0.717) is 6.26 Å². The molecule has 0 bridgehead atoms. The lowest BCUT2D eigenvalue weighted by Gasteiger charge is -2.11. The van der Waals surface area contributed by atoms with Crippen LogP contribution in [0.15, 0.2) is 16.8 Å². The average molecular weight is 213 g/mol. The fourth-order valence-electron chi connectivity index (χ4n) is 0.578. The number of hydrogen-bond donors (Lipinski definition) is 1. The third kappa shape index (κ3) is 4.39. The van der Waals surface area contributed by atoms with Crippen LogP contribution in [0.4, 0.5) is 0 Å². The SMILES string of the molecule is COC(=O)/C(C=NC(=O)C(C)(C)C)=C\O. The van der Waals surface area contributed by atoms with Crippen LogP contribution in [0.25, 0.3) is 0 Å². The lowest BCUT2D eigenvalue weighted by atomic mass is 9.96. The average Bonchev–Trinajstić information content (AvgIpc) is 2.16. The second-order valence-electron chi connectivity index (χ2n) is 3.89. The number of carbonyl (C=O) groups is 2. The summed E-state index contributed by atoms with van der Waals surface area (Å²) in [6.45, 7) is 5.10. The first-order valence-corrected chi connectivity index (χ1v) is 4.34. The van der Waals surface area contributed by atoms with Crippen LogP contribution in [0.2, 0.25) is 0 Å². The van der Waals surface area contributed by atoms with Crippen molar-refractivity contribution in [1.29, 1.82) is 0 Å². The molecule has 1 amide bonds. The maximum Gasteiger partial charge on any atom is 0.342 e. The molecular weight excluding hydrogens is 198 g/mol. The number of methoxy groups -OCH3 is 1. The standard InChI is InChI=1S/C10H15NO4/c1-10(2,3)9(14)11-5-7(6-12)8(13)15-4/h5-6,12H,1-4H3/b7-6-,11-5?. The van der Waals surface area contributed by atoms with Crippen LogP contribution in [0.3, 0.4) is 0 Å². The van der Waals surface area contributed by atoms with Crippen LogP contribution < -0.4 is 0 Å². The van der Waals surface area contributed by atoms with Crippen molar-refractivity contribution < 1.29 is 19.4 Å². The van der Waals surface area contributed by atoms with Crippen molar-refractivity contribution in [2.24, 2.45) is 10.4 Å². The Morgan fingerprint density at radius 1 is 1.33 bits per heavy atom. The Hall–Kier alpha value is -1.65. The van der Waals surface area contributed by atoms with Gasteiger partial charge in [-0.1, -0.05) is 20.8 Å². The molecule has 0 aromatic rings. The summed E-state index contributed by atoms with van der Waals surface area (Å²) in [6.07, 6.45) is 1.53. The van der Waals surface area contributed by atoms with Gasteiger partial charge in [0.2, 0.25) is 0 Å². The number of rotatable bonds is 2. The number of nitrogens with zero attached hydrogens (tertiary/aromatic N) is 1. The fraction of sp³-hybridized carbons (Fsp3) is 0.500. The Bertz CT molecular complexity index is 310. The summed E-state index contributed by atoms with van der Waals surface area (Å²) in [5.74, 6) is -1.13. The number of aliphatic hydroxyl groups excluding tert-OH is 1. The van der Waals surface area contributed by atoms with Gasteiger partial charge in [-0.25, -0.2) is 9.79 Å². The third-order valence-corrected chi connectivity index (χ3v) is 1.52. The highest BCUT2D eigenvalue weighted by Crippen LogP contribution is 2.14. The molecule has 0 rings (SSSR count). The van der Waals surface area contributed by atoms with E-state index in [9.17, 15) is 9.59 Å². The molecule has 0 fully saturated rings. The zero-order valence-electron chi connectivity index (χ0n) is 9.27. The van der Waals surface area contributed by atoms with Gasteiger partial charge in [0, 0.05) is 11.6 Å². The molecule has 0 aliphatic heterocycles. The smallest absolute Gasteiger partial charge is 0.342 e. The third-order valence-electron chi connectivity index (χ3n) is 1.52. The van der Waals surface area contributed by atoms with Gasteiger partial charge in [-0.15, -0.1) is 0 Å². The van der Waals surface area contributed by atoms with Gasteiger partial charge < -0.3 is 9.84 Å². The second kappa shape index (κ2) is 5.29. The zero-order chi connectivity index (χ0) is 12.1. The summed E-state index contributed by atoms with van der Waals surface area (Å²) in [6, 6.07) is 0. The number of ether oxygens (including phenoxy) is 1. The molecule has 0 aromatic heterocycles. The van der Waals surface area contributed by atoms with E-state index < -0.39 is 11.4 Å². The maximum absolute atomic E-state index is 11.3. The van der Waals surface area contributed by atoms with E-state index >= 15 is 0 Å². The first kappa shape index (κ1) is 13.4. The van der Waals surface area contributed by atoms with Crippen LogP contribution in [0.5, 0.6) is 0 Å². The number of esters is 1. The summed E-state index contributed by atoms with van der Waals surface area (Å²) in [5, 5.41) is 8.68. The number of carbonyl (C=O) groups excluding carboxylic acids is 2. The lowest BCUT2D eigenvalue weighted by molar-refractivity contribution is -0.135. The highest BCUT2D eigenvalue weighted by molar-refractivity contribution is 6.11. The Labute approximate surface area is 88.5 Å². The van der Waals surface area contributed by atoms with Crippen LogP contribution in [0, 0.1) is 5.41 Å². The van der Waals surface area contributed by atoms with E-state index in [2.05, 4.69) is 9.73 Å². The minimum Gasteiger partial charge on any atom is -0.515 e. The Morgan fingerprint density at radius 2 is 1.87 bits per heavy atom. The summed E-state index contributed by atoms with van der Waals surface area (Å²) in [7, 11) is 1.17. The van der Waals surface area contributed by atoms with E-state index in [1.54, 1.807) is 20.8 Å². The Morgan fingerprint density at radius 3 is 2.20 bits per heavy atom. The van der Waals surface area contributed by atoms with E-state index in [1.807, 2.05) is 0 Å². The zero-order valence-corrected chi connectivity index (χ0v) is 9.27. The van der Waals surface area contributed by atoms with Crippen molar-refractivity contribution in [3.05, 3.63) is 11.8 Å². The van der Waals surface area contributed by atoms with Crippen LogP contribution >= 0.6 is 0 Å². The van der Waals surface area contributed by atoms with Gasteiger partial charge >= 0.3 is 5.97 Å². The number of aliphatic hydroxyl groups is 1. The number of hydrogen-bond acceptors (Lipinski definition) is 4. The molecule has 84 valence electrons. The fourth-order valence-corrected chi connectivity index (χ4v) is 0.578. The molecule has 0 radical (unpaired) electrons. The summed E-state index contributed by atoms with van der Waals surface area (Å²) in [4.78, 5) is 25.8. The molecule has 0 atom stereocenters. The number of amides is 1. The minimum atomic E-state index is -0.747. The van der Waals surface area contributed by atoms with Gasteiger partial charge in [-0.2, -0.15) is 0 Å². The first-order valence-electron chi connectivity index (χ1n) is 4.34. The first-order chi connectivity index (χ1) is 6.82. The highest BCUT2D eigenvalue weighted by atomic mass is 16.5. The van der Waals surface area contributed by atoms with Crippen LogP contribution in [0.1, 0.15) is 20.8 Å². The van der Waals surface area contributed by atoms with Crippen LogP contribution in [-0.4, -0.2) is 30.3 Å². The molecule has 0 aliphatic rings. The van der Waals surface area contributed by atoms with Gasteiger partial charge in [-0.05, 0) is 0 Å². The van der Waals surface area contributed by atoms with Crippen molar-refractivity contribution in [2.75, 3.05) is 7.11 Å². The van der Waals surface area contributed by atoms with Crippen molar-refractivity contribution in [3.8, 4) is 0 Å². The summed E-state index contributed by atoms with van der Waals surface area (Å²) >= 11 is 0. The molecule has 0 aromatic carbocycles. The largest absolute Gasteiger partial charge is 0.515 e. The maximum atomic E-state index is 11.3. The molecule has 0 aliphatic carbocycles. The van der Waals surface area contributed by atoms with E-state index in [4.69, 9.17) is 5.11 Å². The van der Waals surface area contributed by atoms with Gasteiger partial charge in [-0.3, -0.25) is 4.79 Å². The Balaban J connectivity index is 4.66. The molecule has 1 N–H and O–H groups in total. The molecule has 0 heterocycles. The molecule has 0 unspecified atom stereocenters. The quantitative estimate of drug-likeness (QED) is 0.324. The second-order valence-corrected chi connectivity index (χ2v) is 3.89. The van der Waals surface area contributed by atoms with Crippen molar-refractivity contribution in [3.63, 3.8) is 0 Å². The van der Waals surface area contributed by atoms with Gasteiger partial charge in [0.25, 0.3) is 5.91 Å². The molecule has 15 heavy (non-hydrogen) atoms. The molecule has 0 saturated heterocycles. The van der Waals surface area contributed by atoms with Crippen molar-refractivity contribution in [2.45, 2.75) is 20.8 Å². The van der Waals surface area contributed by atoms with Crippen molar-refractivity contribution >= 4 is 18.1 Å². The lowest BCUT2D eigenvalue weighted by Crippen LogP contribution is -2.18. The van der Waals surface area contributed by atoms with Gasteiger partial charge in [0.1, 0.15) is 5.57 Å². The minimum absolute atomic E-state index is 0.171.